The number of aliphatic imine (C=N–C) groups is 1. The molecular weight excluding hydrogens is 297 g/mol. The lowest BCUT2D eigenvalue weighted by Gasteiger charge is -2.24. The van der Waals surface area contributed by atoms with Crippen LogP contribution < -0.4 is 10.6 Å². The van der Waals surface area contributed by atoms with Gasteiger partial charge in [-0.2, -0.15) is 11.8 Å². The average molecular weight is 321 g/mol. The van der Waals surface area contributed by atoms with Crippen LogP contribution in [-0.4, -0.2) is 36.1 Å². The number of benzene rings is 1. The predicted molar refractivity (Wildman–Crippen MR) is 92.1 cm³/mol. The SMILES string of the molecule is CN=C(NCC1(C)CCCS1)NC1CC1c1ccccc1F. The summed E-state index contributed by atoms with van der Waals surface area (Å²) < 4.78 is 14.1. The van der Waals surface area contributed by atoms with Crippen molar-refractivity contribution in [2.75, 3.05) is 19.3 Å². The first-order valence-corrected chi connectivity index (χ1v) is 8.95. The molecule has 22 heavy (non-hydrogen) atoms. The summed E-state index contributed by atoms with van der Waals surface area (Å²) in [5, 5.41) is 6.85. The maximum absolute atomic E-state index is 13.8. The molecule has 3 nitrogen and oxygen atoms in total. The minimum absolute atomic E-state index is 0.102. The zero-order valence-electron chi connectivity index (χ0n) is 13.2. The van der Waals surface area contributed by atoms with Gasteiger partial charge in [-0.3, -0.25) is 4.99 Å². The highest BCUT2D eigenvalue weighted by atomic mass is 32.2. The molecule has 2 fully saturated rings. The van der Waals surface area contributed by atoms with Crippen LogP contribution in [-0.2, 0) is 0 Å². The Kier molecular flexibility index (Phi) is 4.62. The number of hydrogen-bond acceptors (Lipinski definition) is 2. The molecular formula is C17H24FN3S. The van der Waals surface area contributed by atoms with Gasteiger partial charge < -0.3 is 10.6 Å². The standard InChI is InChI=1S/C17H24FN3S/c1-17(8-5-9-22-17)11-20-16(19-2)21-15-10-13(15)12-6-3-4-7-14(12)18/h3-4,6-7,13,15H,5,8-11H2,1-2H3,(H2,19,20,21). The monoisotopic (exact) mass is 321 g/mol. The average Bonchev–Trinajstić information content (AvgIpc) is 3.14. The van der Waals surface area contributed by atoms with Gasteiger partial charge in [-0.15, -0.1) is 0 Å². The minimum Gasteiger partial charge on any atom is -0.355 e. The molecule has 0 amide bonds. The van der Waals surface area contributed by atoms with Crippen molar-refractivity contribution in [1.82, 2.24) is 10.6 Å². The van der Waals surface area contributed by atoms with Gasteiger partial charge in [0, 0.05) is 30.3 Å². The molecule has 0 aromatic heterocycles. The molecule has 3 unspecified atom stereocenters. The van der Waals surface area contributed by atoms with Crippen LogP contribution in [0.25, 0.3) is 0 Å². The van der Waals surface area contributed by atoms with E-state index in [0.717, 1.165) is 24.5 Å². The van der Waals surface area contributed by atoms with E-state index in [4.69, 9.17) is 0 Å². The zero-order valence-corrected chi connectivity index (χ0v) is 14.0. The molecule has 5 heteroatoms. The maximum atomic E-state index is 13.8. The van der Waals surface area contributed by atoms with E-state index in [1.807, 2.05) is 23.9 Å². The molecule has 3 rings (SSSR count). The highest BCUT2D eigenvalue weighted by Gasteiger charge is 2.40. The lowest BCUT2D eigenvalue weighted by atomic mass is 10.1. The van der Waals surface area contributed by atoms with Crippen molar-refractivity contribution in [3.8, 4) is 0 Å². The van der Waals surface area contributed by atoms with Crippen molar-refractivity contribution < 1.29 is 4.39 Å². The number of nitrogens with zero attached hydrogens (tertiary/aromatic N) is 1. The fourth-order valence-corrected chi connectivity index (χ4v) is 4.34. The zero-order chi connectivity index (χ0) is 15.6. The maximum Gasteiger partial charge on any atom is 0.191 e. The van der Waals surface area contributed by atoms with Crippen LogP contribution in [0.5, 0.6) is 0 Å². The molecule has 0 bridgehead atoms. The van der Waals surface area contributed by atoms with Gasteiger partial charge >= 0.3 is 0 Å². The van der Waals surface area contributed by atoms with Crippen LogP contribution in [0.2, 0.25) is 0 Å². The molecule has 1 aliphatic carbocycles. The number of thioether (sulfide) groups is 1. The second-order valence-electron chi connectivity index (χ2n) is 6.44. The van der Waals surface area contributed by atoms with Crippen molar-refractivity contribution in [3.63, 3.8) is 0 Å². The van der Waals surface area contributed by atoms with Gasteiger partial charge in [-0.1, -0.05) is 18.2 Å². The molecule has 1 aromatic carbocycles. The highest BCUT2D eigenvalue weighted by Crippen LogP contribution is 2.42. The lowest BCUT2D eigenvalue weighted by molar-refractivity contribution is 0.583. The van der Waals surface area contributed by atoms with Crippen molar-refractivity contribution in [2.24, 2.45) is 4.99 Å². The van der Waals surface area contributed by atoms with Crippen LogP contribution in [0.4, 0.5) is 4.39 Å². The fourth-order valence-electron chi connectivity index (χ4n) is 3.09. The summed E-state index contributed by atoms with van der Waals surface area (Å²) in [5.74, 6) is 2.24. The Hall–Kier alpha value is -1.23. The normalized spacial score (nSPS) is 31.1. The Balaban J connectivity index is 1.51. The number of rotatable bonds is 4. The molecule has 1 aliphatic heterocycles. The van der Waals surface area contributed by atoms with Crippen LogP contribution in [0.1, 0.15) is 37.7 Å². The summed E-state index contributed by atoms with van der Waals surface area (Å²) in [6.07, 6.45) is 3.52. The molecule has 2 N–H and O–H groups in total. The topological polar surface area (TPSA) is 36.4 Å². The Labute approximate surface area is 136 Å². The van der Waals surface area contributed by atoms with Crippen molar-refractivity contribution in [2.45, 2.75) is 42.9 Å². The summed E-state index contributed by atoms with van der Waals surface area (Å²) in [6, 6.07) is 7.35. The van der Waals surface area contributed by atoms with Gasteiger partial charge in [0.05, 0.1) is 0 Å². The first kappa shape index (κ1) is 15.7. The third-order valence-electron chi connectivity index (χ3n) is 4.57. The summed E-state index contributed by atoms with van der Waals surface area (Å²) in [4.78, 5) is 4.30. The summed E-state index contributed by atoms with van der Waals surface area (Å²) in [5.41, 5.74) is 0.814. The van der Waals surface area contributed by atoms with E-state index in [1.54, 1.807) is 13.1 Å². The highest BCUT2D eigenvalue weighted by molar-refractivity contribution is 8.00. The first-order valence-electron chi connectivity index (χ1n) is 7.97. The molecule has 0 spiro atoms. The van der Waals surface area contributed by atoms with Crippen LogP contribution in [0.3, 0.4) is 0 Å². The van der Waals surface area contributed by atoms with Gasteiger partial charge in [0.1, 0.15) is 5.82 Å². The Morgan fingerprint density at radius 2 is 2.27 bits per heavy atom. The van der Waals surface area contributed by atoms with E-state index in [-0.39, 0.29) is 17.8 Å². The summed E-state index contributed by atoms with van der Waals surface area (Å²) in [6.45, 7) is 3.23. The quantitative estimate of drug-likeness (QED) is 0.661. The third kappa shape index (κ3) is 3.57. The Bertz CT molecular complexity index is 555. The van der Waals surface area contributed by atoms with Crippen LogP contribution >= 0.6 is 11.8 Å². The molecule has 1 heterocycles. The van der Waals surface area contributed by atoms with Crippen molar-refractivity contribution in [1.29, 1.82) is 0 Å². The molecule has 1 saturated carbocycles. The number of halogens is 1. The Morgan fingerprint density at radius 3 is 2.95 bits per heavy atom. The number of hydrogen-bond donors (Lipinski definition) is 2. The van der Waals surface area contributed by atoms with E-state index in [9.17, 15) is 4.39 Å². The van der Waals surface area contributed by atoms with Crippen molar-refractivity contribution in [3.05, 3.63) is 35.6 Å². The third-order valence-corrected chi connectivity index (χ3v) is 6.11. The van der Waals surface area contributed by atoms with E-state index in [2.05, 4.69) is 22.5 Å². The second kappa shape index (κ2) is 6.49. The van der Waals surface area contributed by atoms with Crippen LogP contribution in [0.15, 0.2) is 29.3 Å². The molecule has 1 saturated heterocycles. The number of nitrogens with one attached hydrogen (secondary N) is 2. The fraction of sp³-hybridized carbons (Fsp3) is 0.588. The largest absolute Gasteiger partial charge is 0.355 e. The van der Waals surface area contributed by atoms with Gasteiger partial charge in [-0.05, 0) is 43.6 Å². The van der Waals surface area contributed by atoms with Gasteiger partial charge in [0.25, 0.3) is 0 Å². The van der Waals surface area contributed by atoms with E-state index >= 15 is 0 Å². The minimum atomic E-state index is -0.102. The first-order chi connectivity index (χ1) is 10.6. The van der Waals surface area contributed by atoms with Crippen LogP contribution in [0, 0.1) is 5.82 Å². The smallest absolute Gasteiger partial charge is 0.191 e. The predicted octanol–water partition coefficient (Wildman–Crippen LogP) is 3.13. The molecule has 3 atom stereocenters. The molecule has 1 aromatic rings. The van der Waals surface area contributed by atoms with Crippen molar-refractivity contribution >= 4 is 17.7 Å². The van der Waals surface area contributed by atoms with Gasteiger partial charge in [-0.25, -0.2) is 4.39 Å². The second-order valence-corrected chi connectivity index (χ2v) is 8.12. The van der Waals surface area contributed by atoms with E-state index in [0.29, 0.717) is 4.75 Å². The number of guanidine groups is 1. The summed E-state index contributed by atoms with van der Waals surface area (Å²) >= 11 is 2.04. The summed E-state index contributed by atoms with van der Waals surface area (Å²) in [7, 11) is 1.79. The Morgan fingerprint density at radius 1 is 1.45 bits per heavy atom. The lowest BCUT2D eigenvalue weighted by Crippen LogP contribution is -2.44. The van der Waals surface area contributed by atoms with Gasteiger partial charge in [0.2, 0.25) is 0 Å². The molecule has 0 radical (unpaired) electrons. The molecule has 120 valence electrons. The van der Waals surface area contributed by atoms with E-state index < -0.39 is 0 Å². The molecule has 2 aliphatic rings. The van der Waals surface area contributed by atoms with E-state index in [1.165, 1.54) is 24.7 Å². The van der Waals surface area contributed by atoms with Gasteiger partial charge in [0.15, 0.2) is 5.96 Å².